The molecule has 0 amide bonds. The second-order valence-corrected chi connectivity index (χ2v) is 5.01. The Hall–Kier alpha value is -0.930. The lowest BCUT2D eigenvalue weighted by Gasteiger charge is -2.23. The number of hydrogen-bond donors (Lipinski definition) is 2. The molecule has 0 atom stereocenters. The fourth-order valence-corrected chi connectivity index (χ4v) is 1.62. The van der Waals surface area contributed by atoms with Gasteiger partial charge < -0.3 is 10.4 Å². The molecule has 0 radical (unpaired) electrons. The molecule has 16 heavy (non-hydrogen) atoms. The van der Waals surface area contributed by atoms with Crippen molar-refractivity contribution in [2.45, 2.75) is 33.7 Å². The number of rotatable bonds is 6. The Bertz CT molecular complexity index is 323. The van der Waals surface area contributed by atoms with Crippen molar-refractivity contribution >= 4 is 0 Å². The van der Waals surface area contributed by atoms with Crippen LogP contribution in [0.1, 0.15) is 31.7 Å². The lowest BCUT2D eigenvalue weighted by molar-refractivity contribution is 0.207. The van der Waals surface area contributed by atoms with Crippen LogP contribution in [0.5, 0.6) is 0 Å². The fraction of sp³-hybridized carbons (Fsp3) is 0.615. The summed E-state index contributed by atoms with van der Waals surface area (Å²) in [7, 11) is 0. The Morgan fingerprint density at radius 1 is 1.38 bits per heavy atom. The summed E-state index contributed by atoms with van der Waals surface area (Å²) in [6, 6.07) is 6.05. The zero-order valence-electron chi connectivity index (χ0n) is 10.5. The van der Waals surface area contributed by atoms with Crippen molar-refractivity contribution in [2.75, 3.05) is 13.2 Å². The first kappa shape index (κ1) is 13.1. The van der Waals surface area contributed by atoms with E-state index in [9.17, 15) is 0 Å². The minimum atomic E-state index is 0.137. The standard InChI is InChI=1S/C13H22N2O/c1-11-5-4-6-12(15-11)9-14-10-13(2,3)7-8-16/h4-6,14,16H,7-10H2,1-3H3. The summed E-state index contributed by atoms with van der Waals surface area (Å²) in [4.78, 5) is 4.43. The first-order valence-electron chi connectivity index (χ1n) is 5.78. The topological polar surface area (TPSA) is 45.1 Å². The molecule has 0 aliphatic rings. The molecule has 1 aromatic heterocycles. The molecule has 0 spiro atoms. The van der Waals surface area contributed by atoms with Gasteiger partial charge in [0.1, 0.15) is 0 Å². The molecular weight excluding hydrogens is 200 g/mol. The first-order valence-corrected chi connectivity index (χ1v) is 5.78. The maximum Gasteiger partial charge on any atom is 0.0544 e. The molecule has 0 bridgehead atoms. The van der Waals surface area contributed by atoms with Crippen LogP contribution in [-0.4, -0.2) is 23.2 Å². The molecule has 0 aromatic carbocycles. The van der Waals surface area contributed by atoms with Crippen molar-refractivity contribution in [3.63, 3.8) is 0 Å². The predicted molar refractivity (Wildman–Crippen MR) is 66.2 cm³/mol. The summed E-state index contributed by atoms with van der Waals surface area (Å²) in [6.07, 6.45) is 0.821. The van der Waals surface area contributed by atoms with Crippen LogP contribution in [0.15, 0.2) is 18.2 Å². The van der Waals surface area contributed by atoms with Crippen LogP contribution in [-0.2, 0) is 6.54 Å². The number of nitrogens with one attached hydrogen (secondary N) is 1. The molecule has 90 valence electrons. The normalized spacial score (nSPS) is 11.8. The largest absolute Gasteiger partial charge is 0.396 e. The number of pyridine rings is 1. The second-order valence-electron chi connectivity index (χ2n) is 5.01. The molecule has 2 N–H and O–H groups in total. The van der Waals surface area contributed by atoms with Gasteiger partial charge in [-0.1, -0.05) is 19.9 Å². The van der Waals surface area contributed by atoms with Crippen LogP contribution < -0.4 is 5.32 Å². The SMILES string of the molecule is Cc1cccc(CNCC(C)(C)CCO)n1. The number of aliphatic hydroxyl groups excluding tert-OH is 1. The first-order chi connectivity index (χ1) is 7.53. The summed E-state index contributed by atoms with van der Waals surface area (Å²) in [5, 5.41) is 12.3. The molecule has 1 rings (SSSR count). The smallest absolute Gasteiger partial charge is 0.0544 e. The molecule has 3 heteroatoms. The molecular formula is C13H22N2O. The van der Waals surface area contributed by atoms with E-state index in [0.29, 0.717) is 0 Å². The van der Waals surface area contributed by atoms with Gasteiger partial charge in [-0.2, -0.15) is 0 Å². The van der Waals surface area contributed by atoms with Crippen molar-refractivity contribution in [1.29, 1.82) is 0 Å². The highest BCUT2D eigenvalue weighted by molar-refractivity contribution is 5.09. The van der Waals surface area contributed by atoms with Crippen LogP contribution in [0.25, 0.3) is 0 Å². The summed E-state index contributed by atoms with van der Waals surface area (Å²) in [5.74, 6) is 0. The monoisotopic (exact) mass is 222 g/mol. The minimum Gasteiger partial charge on any atom is -0.396 e. The van der Waals surface area contributed by atoms with E-state index in [-0.39, 0.29) is 12.0 Å². The van der Waals surface area contributed by atoms with Gasteiger partial charge in [0.25, 0.3) is 0 Å². The Morgan fingerprint density at radius 2 is 2.12 bits per heavy atom. The Morgan fingerprint density at radius 3 is 2.75 bits per heavy atom. The minimum absolute atomic E-state index is 0.137. The summed E-state index contributed by atoms with van der Waals surface area (Å²) < 4.78 is 0. The van der Waals surface area contributed by atoms with E-state index < -0.39 is 0 Å². The van der Waals surface area contributed by atoms with E-state index in [2.05, 4.69) is 24.1 Å². The molecule has 0 saturated heterocycles. The van der Waals surface area contributed by atoms with Crippen LogP contribution >= 0.6 is 0 Å². The van der Waals surface area contributed by atoms with Crippen LogP contribution in [0.3, 0.4) is 0 Å². The van der Waals surface area contributed by atoms with Crippen molar-refractivity contribution in [3.8, 4) is 0 Å². The zero-order chi connectivity index (χ0) is 12.0. The van der Waals surface area contributed by atoms with E-state index in [4.69, 9.17) is 5.11 Å². The third-order valence-corrected chi connectivity index (χ3v) is 2.64. The van der Waals surface area contributed by atoms with E-state index in [1.54, 1.807) is 0 Å². The summed E-state index contributed by atoms with van der Waals surface area (Å²) in [6.45, 7) is 8.23. The Labute approximate surface area is 97.9 Å². The van der Waals surface area contributed by atoms with Gasteiger partial charge in [-0.15, -0.1) is 0 Å². The van der Waals surface area contributed by atoms with Gasteiger partial charge in [-0.25, -0.2) is 0 Å². The van der Waals surface area contributed by atoms with Gasteiger partial charge in [-0.3, -0.25) is 4.98 Å². The van der Waals surface area contributed by atoms with Crippen LogP contribution in [0.4, 0.5) is 0 Å². The van der Waals surface area contributed by atoms with Gasteiger partial charge in [-0.05, 0) is 30.9 Å². The van der Waals surface area contributed by atoms with Crippen molar-refractivity contribution in [2.24, 2.45) is 5.41 Å². The summed E-state index contributed by atoms with van der Waals surface area (Å²) >= 11 is 0. The fourth-order valence-electron chi connectivity index (χ4n) is 1.62. The van der Waals surface area contributed by atoms with E-state index in [1.807, 2.05) is 25.1 Å². The van der Waals surface area contributed by atoms with Gasteiger partial charge in [0, 0.05) is 25.4 Å². The molecule has 0 saturated carbocycles. The molecule has 1 heterocycles. The highest BCUT2D eigenvalue weighted by atomic mass is 16.3. The van der Waals surface area contributed by atoms with Gasteiger partial charge in [0.05, 0.1) is 5.69 Å². The van der Waals surface area contributed by atoms with E-state index in [1.165, 1.54) is 0 Å². The van der Waals surface area contributed by atoms with Gasteiger partial charge in [0.15, 0.2) is 0 Å². The Balaban J connectivity index is 2.35. The number of nitrogens with zero attached hydrogens (tertiary/aromatic N) is 1. The number of hydrogen-bond acceptors (Lipinski definition) is 3. The maximum atomic E-state index is 8.91. The summed E-state index contributed by atoms with van der Waals surface area (Å²) in [5.41, 5.74) is 2.26. The van der Waals surface area contributed by atoms with Crippen molar-refractivity contribution < 1.29 is 5.11 Å². The third-order valence-electron chi connectivity index (χ3n) is 2.64. The Kier molecular flexibility index (Phi) is 4.90. The molecule has 0 fully saturated rings. The highest BCUT2D eigenvalue weighted by Gasteiger charge is 2.16. The lowest BCUT2D eigenvalue weighted by Crippen LogP contribution is -2.30. The number of aryl methyl sites for hydroxylation is 1. The highest BCUT2D eigenvalue weighted by Crippen LogP contribution is 2.18. The molecule has 3 nitrogen and oxygen atoms in total. The zero-order valence-corrected chi connectivity index (χ0v) is 10.5. The average molecular weight is 222 g/mol. The van der Waals surface area contributed by atoms with Gasteiger partial charge >= 0.3 is 0 Å². The average Bonchev–Trinajstić information content (AvgIpc) is 2.17. The van der Waals surface area contributed by atoms with Crippen LogP contribution in [0, 0.1) is 12.3 Å². The number of aromatic nitrogens is 1. The van der Waals surface area contributed by atoms with E-state index in [0.717, 1.165) is 30.9 Å². The molecule has 0 aliphatic heterocycles. The third kappa shape index (κ3) is 4.73. The second kappa shape index (κ2) is 5.97. The predicted octanol–water partition coefficient (Wildman–Crippen LogP) is 1.89. The van der Waals surface area contributed by atoms with Crippen molar-refractivity contribution in [1.82, 2.24) is 10.3 Å². The van der Waals surface area contributed by atoms with Crippen LogP contribution in [0.2, 0.25) is 0 Å². The van der Waals surface area contributed by atoms with Crippen molar-refractivity contribution in [3.05, 3.63) is 29.6 Å². The maximum absolute atomic E-state index is 8.91. The molecule has 1 aromatic rings. The van der Waals surface area contributed by atoms with E-state index >= 15 is 0 Å². The number of aliphatic hydroxyl groups is 1. The quantitative estimate of drug-likeness (QED) is 0.772. The lowest BCUT2D eigenvalue weighted by atomic mass is 9.90. The molecule has 0 aliphatic carbocycles. The van der Waals surface area contributed by atoms with Gasteiger partial charge in [0.2, 0.25) is 0 Å². The molecule has 0 unspecified atom stereocenters.